The van der Waals surface area contributed by atoms with Crippen LogP contribution in [0.15, 0.2) is 97.2 Å². The van der Waals surface area contributed by atoms with E-state index in [1.807, 2.05) is 0 Å². The molecule has 0 radical (unpaired) electrons. The van der Waals surface area contributed by atoms with Gasteiger partial charge in [0.2, 0.25) is 16.5 Å². The van der Waals surface area contributed by atoms with Crippen molar-refractivity contribution < 1.29 is 160 Å². The van der Waals surface area contributed by atoms with Gasteiger partial charge in [-0.05, 0) is 98.0 Å². The molecule has 2 saturated heterocycles. The first-order chi connectivity index (χ1) is 45.1. The average Bonchev–Trinajstić information content (AvgIpc) is 0.730. The molecule has 0 spiro atoms. The normalized spacial score (nSPS) is 21.6. The minimum Gasteiger partial charge on any atom is -0.462 e. The van der Waals surface area contributed by atoms with E-state index in [-0.39, 0.29) is 168 Å². The molecule has 0 aliphatic carbocycles. The molecule has 2 bridgehead atoms. The average molecular weight is 1380 g/mol. The summed E-state index contributed by atoms with van der Waals surface area (Å²) in [5, 5.41) is 0.740. The molecule has 542 valence electrons. The Morgan fingerprint density at radius 2 is 0.750 bits per heavy atom. The van der Waals surface area contributed by atoms with Crippen LogP contribution in [0.3, 0.4) is 0 Å². The van der Waals surface area contributed by atoms with E-state index < -0.39 is 124 Å². The Kier molecular flexibility index (Phi) is 37.3. The monoisotopic (exact) mass is 1380 g/mol. The second-order valence-corrected chi connectivity index (χ2v) is 22.3. The van der Waals surface area contributed by atoms with Crippen LogP contribution in [0.25, 0.3) is 0 Å². The van der Waals surface area contributed by atoms with Crippen LogP contribution in [0.5, 0.6) is 0 Å². The lowest BCUT2D eigenvalue weighted by molar-refractivity contribution is -1.81. The van der Waals surface area contributed by atoms with Gasteiger partial charge in [-0.25, -0.2) is 33.6 Å². The van der Waals surface area contributed by atoms with E-state index in [2.05, 4.69) is 52.6 Å². The quantitative estimate of drug-likeness (QED) is 0.0169. The van der Waals surface area contributed by atoms with Gasteiger partial charge in [-0.2, -0.15) is 5.90 Å². The first-order valence-corrected chi connectivity index (χ1v) is 31.0. The standard InChI is InChI=1S/C61H102N8O27/c1-46(2)54(70)30-19-20-32-64(78-17,88-62)91-69(37-29-44-86-61(77)53(15)16)93-65(79-18,34-26-41-83-58(74)50(9)10)92-68(33-21-22-38-80-55(71)47(3)4)94-66(35-27-42-84-59(75)51(11)12,87-45-24-23-39-81-56(72)48(5)6)89-63(31-25-40-82-57(73)49(7)8)90-67(95-68,96-69)36-28-43-85-60(76)52(13)14/h1,3,5,7,9,11,13,15,19-45,62H2,2,4,6,8,10,12,14,16-18H3/q+6. The molecule has 2 fully saturated rings. The van der Waals surface area contributed by atoms with Crippen LogP contribution >= 0.6 is 0 Å². The molecule has 0 aromatic heterocycles. The van der Waals surface area contributed by atoms with Crippen LogP contribution in [0.4, 0.5) is 0 Å². The largest absolute Gasteiger partial charge is 0.462 e. The van der Waals surface area contributed by atoms with Gasteiger partial charge in [-0.1, -0.05) is 52.6 Å². The highest BCUT2D eigenvalue weighted by atomic mass is 17.6. The Morgan fingerprint density at radius 3 is 1.17 bits per heavy atom. The van der Waals surface area contributed by atoms with E-state index in [1.165, 1.54) is 48.5 Å². The van der Waals surface area contributed by atoms with E-state index >= 15 is 0 Å². The number of Topliss-reactive ketones (excluding diaryl/α,β-unsaturated/α-hetero) is 1. The number of hydrogen-bond acceptors (Lipinski definition) is 29. The Balaban J connectivity index is 3.46. The number of hydroxylamine groups is 20. The summed E-state index contributed by atoms with van der Waals surface area (Å²) >= 11 is 0. The maximum absolute atomic E-state index is 13.0. The number of fused-ring (bicyclic) bond motifs is 2. The third kappa shape index (κ3) is 30.2. The van der Waals surface area contributed by atoms with Crippen molar-refractivity contribution in [2.75, 3.05) is 113 Å². The predicted octanol–water partition coefficient (Wildman–Crippen LogP) is 6.51. The molecule has 0 amide bonds. The molecule has 6 atom stereocenters. The number of carbonyl (C=O) groups is 8. The topological polar surface area (TPSA) is 341 Å². The highest BCUT2D eigenvalue weighted by Gasteiger charge is 2.79. The molecule has 2 N–H and O–H groups in total. The van der Waals surface area contributed by atoms with Crippen LogP contribution in [0.2, 0.25) is 0 Å². The van der Waals surface area contributed by atoms with Gasteiger partial charge in [-0.15, -0.1) is 14.5 Å². The van der Waals surface area contributed by atoms with Crippen molar-refractivity contribution in [2.45, 2.75) is 132 Å². The van der Waals surface area contributed by atoms with Crippen LogP contribution in [0.1, 0.15) is 132 Å². The summed E-state index contributed by atoms with van der Waals surface area (Å²) < 4.78 is 38.4. The lowest BCUT2D eigenvalue weighted by Gasteiger charge is -2.42. The summed E-state index contributed by atoms with van der Waals surface area (Å²) in [4.78, 5) is 172. The fraction of sp³-hybridized carbons (Fsp3) is 0.607. The van der Waals surface area contributed by atoms with Crippen molar-refractivity contribution in [3.63, 3.8) is 0 Å². The molecule has 0 aromatic carbocycles. The van der Waals surface area contributed by atoms with Gasteiger partial charge in [0.1, 0.15) is 20.8 Å². The highest BCUT2D eigenvalue weighted by Crippen LogP contribution is 2.42. The molecule has 6 unspecified atom stereocenters. The van der Waals surface area contributed by atoms with Crippen molar-refractivity contribution in [3.8, 4) is 0 Å². The Hall–Kier alpha value is -6.92. The number of ether oxygens (including phenoxy) is 7. The zero-order chi connectivity index (χ0) is 72.3. The summed E-state index contributed by atoms with van der Waals surface area (Å²) in [6.07, 6.45) is -0.819. The Morgan fingerprint density at radius 1 is 0.385 bits per heavy atom. The molecular formula is C61H102N8O27+6. The zero-order valence-corrected chi connectivity index (χ0v) is 57.5. The molecule has 2 rings (SSSR count). The summed E-state index contributed by atoms with van der Waals surface area (Å²) in [5.41, 5.74) is 0.823. The second kappa shape index (κ2) is 42.0. The van der Waals surface area contributed by atoms with Gasteiger partial charge in [0.05, 0.1) is 58.0 Å². The van der Waals surface area contributed by atoms with Gasteiger partial charge in [0.15, 0.2) is 78.1 Å². The van der Waals surface area contributed by atoms with Gasteiger partial charge in [0.25, 0.3) is 9.95 Å². The van der Waals surface area contributed by atoms with Crippen molar-refractivity contribution >= 4 is 47.6 Å². The fourth-order valence-electron chi connectivity index (χ4n) is 7.62. The maximum Gasteiger partial charge on any atom is 0.333 e. The first kappa shape index (κ1) is 85.2. The number of allylic oxidation sites excluding steroid dienone is 1. The SMILES string of the molecule is C=C(C)C(=O)CCCC[N+](OC)(ON)O[N+]1(CCCOC(=O)C(=C)C)O[N+](CCCOC(=O)C(=C)C)(OC)O[N+]2(CCCCOC(=O)C(=C)C)O[N+](CCCOC(=O)C(=C)C)(OCCCCOC(=O)C(=C)C)ON(CCCOC(=O)C(=C)C)O[N+](CCCOC(=O)C(=C)C)(O1)O2. The number of hydrogen-bond donors (Lipinski definition) is 1. The van der Waals surface area contributed by atoms with Crippen molar-refractivity contribution in [1.82, 2.24) is 5.23 Å². The number of nitrogens with two attached hydrogens (primary N) is 1. The Labute approximate surface area is 560 Å². The number of unbranched alkanes of at least 4 members (excludes halogenated alkanes) is 3. The maximum atomic E-state index is 13.0. The van der Waals surface area contributed by atoms with Gasteiger partial charge >= 0.3 is 41.8 Å². The van der Waals surface area contributed by atoms with Gasteiger partial charge < -0.3 is 33.2 Å². The summed E-state index contributed by atoms with van der Waals surface area (Å²) in [6, 6.07) is 0. The number of esters is 7. The lowest BCUT2D eigenvalue weighted by atomic mass is 10.1. The molecule has 2 heterocycles. The third-order valence-corrected chi connectivity index (χ3v) is 12.7. The van der Waals surface area contributed by atoms with E-state index in [0.717, 1.165) is 19.4 Å². The molecule has 2 aliphatic heterocycles. The van der Waals surface area contributed by atoms with Crippen LogP contribution in [0, 0.1) is 0 Å². The van der Waals surface area contributed by atoms with Gasteiger partial charge in [-0.3, -0.25) is 4.79 Å². The predicted molar refractivity (Wildman–Crippen MR) is 327 cm³/mol. The fourth-order valence-corrected chi connectivity index (χ4v) is 7.62. The summed E-state index contributed by atoms with van der Waals surface area (Å²) in [5.74, 6) is 0.633. The number of quaternary nitrogens is 6. The smallest absolute Gasteiger partial charge is 0.333 e. The van der Waals surface area contributed by atoms with Gasteiger partial charge in [0, 0.05) is 93.8 Å². The van der Waals surface area contributed by atoms with Crippen molar-refractivity contribution in [2.24, 2.45) is 5.90 Å². The second-order valence-electron chi connectivity index (χ2n) is 22.3. The van der Waals surface area contributed by atoms with E-state index in [0.29, 0.717) is 5.57 Å². The molecule has 0 aromatic rings. The number of carbonyl (C=O) groups excluding carboxylic acids is 8. The van der Waals surface area contributed by atoms with Crippen molar-refractivity contribution in [1.29, 1.82) is 0 Å². The molecule has 2 aliphatic rings. The van der Waals surface area contributed by atoms with Crippen LogP contribution in [-0.4, -0.2) is 196 Å². The molecule has 35 nitrogen and oxygen atoms in total. The van der Waals surface area contributed by atoms with Crippen molar-refractivity contribution in [3.05, 3.63) is 97.2 Å². The highest BCUT2D eigenvalue weighted by molar-refractivity contribution is 5.94. The summed E-state index contributed by atoms with van der Waals surface area (Å²) in [7, 11) is 2.22. The van der Waals surface area contributed by atoms with E-state index in [9.17, 15) is 38.4 Å². The molecule has 35 heteroatoms. The minimum absolute atomic E-state index is 0.000519. The molecular weight excluding hydrogens is 1280 g/mol. The van der Waals surface area contributed by atoms with E-state index in [1.54, 1.807) is 6.92 Å². The molecule has 96 heavy (non-hydrogen) atoms. The summed E-state index contributed by atoms with van der Waals surface area (Å²) in [6.45, 7) is 34.5. The van der Waals surface area contributed by atoms with Crippen LogP contribution in [-0.2, 0) is 130 Å². The number of ketones is 1. The minimum atomic E-state index is -1.91. The number of rotatable bonds is 49. The first-order valence-electron chi connectivity index (χ1n) is 31.0. The zero-order valence-electron chi connectivity index (χ0n) is 57.5. The van der Waals surface area contributed by atoms with Crippen LogP contribution < -0.4 is 5.90 Å². The number of nitrogens with zero attached hydrogens (tertiary/aromatic N) is 7. The molecule has 0 saturated carbocycles. The third-order valence-electron chi connectivity index (χ3n) is 12.7. The Bertz CT molecular complexity index is 2760. The van der Waals surface area contributed by atoms with E-state index in [4.69, 9.17) is 98.0 Å². The lowest BCUT2D eigenvalue weighted by Crippen LogP contribution is -2.79.